The second-order valence-corrected chi connectivity index (χ2v) is 6.10. The smallest absolute Gasteiger partial charge is 0.267 e. The number of benzene rings is 2. The number of oxime groups is 1. The zero-order chi connectivity index (χ0) is 19.6. The number of anilines is 1. The van der Waals surface area contributed by atoms with Crippen LogP contribution in [0.15, 0.2) is 47.6 Å². The van der Waals surface area contributed by atoms with Crippen molar-refractivity contribution >= 4 is 17.8 Å². The van der Waals surface area contributed by atoms with E-state index in [-0.39, 0.29) is 5.91 Å². The third-order valence-corrected chi connectivity index (χ3v) is 3.72. The minimum Gasteiger partial charge on any atom is -0.493 e. The Labute approximate surface area is 160 Å². The van der Waals surface area contributed by atoms with Crippen LogP contribution in [-0.2, 0) is 9.63 Å². The summed E-state index contributed by atoms with van der Waals surface area (Å²) >= 11 is 0. The predicted molar refractivity (Wildman–Crippen MR) is 107 cm³/mol. The molecule has 2 aromatic rings. The lowest BCUT2D eigenvalue weighted by atomic mass is 10.2. The molecule has 27 heavy (non-hydrogen) atoms. The average molecular weight is 370 g/mol. The van der Waals surface area contributed by atoms with E-state index in [1.807, 2.05) is 50.2 Å². The molecule has 0 aromatic heterocycles. The Hall–Kier alpha value is -3.02. The second-order valence-electron chi connectivity index (χ2n) is 6.10. The van der Waals surface area contributed by atoms with Crippen LogP contribution in [-0.4, -0.2) is 31.9 Å². The summed E-state index contributed by atoms with van der Waals surface area (Å²) in [5.74, 6) is 1.04. The number of amides is 1. The number of rotatable bonds is 9. The Morgan fingerprint density at radius 3 is 2.74 bits per heavy atom. The standard InChI is InChI=1S/C21H26N2O4/c1-5-11-26-19-10-9-17(13-20(19)25-4)14-22-27-16(3)21(24)23-18-8-6-7-15(2)12-18/h6-10,12-14,16H,5,11H2,1-4H3,(H,23,24)/b22-14-/t16-/m1/s1. The van der Waals surface area contributed by atoms with Crippen molar-refractivity contribution in [1.82, 2.24) is 0 Å². The zero-order valence-corrected chi connectivity index (χ0v) is 16.2. The van der Waals surface area contributed by atoms with Crippen LogP contribution >= 0.6 is 0 Å². The van der Waals surface area contributed by atoms with Gasteiger partial charge in [0.15, 0.2) is 11.5 Å². The summed E-state index contributed by atoms with van der Waals surface area (Å²) in [6, 6.07) is 13.0. The maximum atomic E-state index is 12.2. The summed E-state index contributed by atoms with van der Waals surface area (Å²) in [6.07, 6.45) is 1.72. The zero-order valence-electron chi connectivity index (χ0n) is 16.2. The highest BCUT2D eigenvalue weighted by molar-refractivity contribution is 5.94. The summed E-state index contributed by atoms with van der Waals surface area (Å²) in [4.78, 5) is 17.4. The number of carbonyl (C=O) groups excluding carboxylic acids is 1. The number of ether oxygens (including phenoxy) is 2. The highest BCUT2D eigenvalue weighted by atomic mass is 16.6. The summed E-state index contributed by atoms with van der Waals surface area (Å²) in [5, 5.41) is 6.71. The molecule has 1 N–H and O–H groups in total. The first-order valence-electron chi connectivity index (χ1n) is 8.91. The van der Waals surface area contributed by atoms with Crippen LogP contribution in [0.1, 0.15) is 31.4 Å². The fraction of sp³-hybridized carbons (Fsp3) is 0.333. The molecule has 0 saturated carbocycles. The number of nitrogens with one attached hydrogen (secondary N) is 1. The minimum absolute atomic E-state index is 0.265. The van der Waals surface area contributed by atoms with Crippen LogP contribution in [0.4, 0.5) is 5.69 Å². The molecule has 0 saturated heterocycles. The Balaban J connectivity index is 1.92. The van der Waals surface area contributed by atoms with Crippen LogP contribution in [0, 0.1) is 6.92 Å². The van der Waals surface area contributed by atoms with E-state index in [1.54, 1.807) is 20.1 Å². The molecule has 0 spiro atoms. The van der Waals surface area contributed by atoms with Gasteiger partial charge in [0.1, 0.15) is 0 Å². The number of carbonyl (C=O) groups is 1. The molecule has 2 rings (SSSR count). The van der Waals surface area contributed by atoms with E-state index in [2.05, 4.69) is 10.5 Å². The average Bonchev–Trinajstić information content (AvgIpc) is 2.66. The molecule has 6 heteroatoms. The molecular formula is C21H26N2O4. The van der Waals surface area contributed by atoms with Crippen molar-refractivity contribution in [2.45, 2.75) is 33.3 Å². The van der Waals surface area contributed by atoms with Gasteiger partial charge < -0.3 is 19.6 Å². The van der Waals surface area contributed by atoms with Gasteiger partial charge in [-0.3, -0.25) is 4.79 Å². The lowest BCUT2D eigenvalue weighted by Crippen LogP contribution is -2.26. The van der Waals surface area contributed by atoms with E-state index in [1.165, 1.54) is 6.21 Å². The van der Waals surface area contributed by atoms with E-state index in [9.17, 15) is 4.79 Å². The maximum absolute atomic E-state index is 12.2. The molecule has 0 aliphatic carbocycles. The van der Waals surface area contributed by atoms with Gasteiger partial charge in [0.05, 0.1) is 19.9 Å². The number of hydrogen-bond donors (Lipinski definition) is 1. The van der Waals surface area contributed by atoms with Gasteiger partial charge in [0.25, 0.3) is 5.91 Å². The Bertz CT molecular complexity index is 790. The van der Waals surface area contributed by atoms with Gasteiger partial charge in [0, 0.05) is 11.3 Å². The first-order valence-corrected chi connectivity index (χ1v) is 8.91. The third-order valence-electron chi connectivity index (χ3n) is 3.72. The first kappa shape index (κ1) is 20.3. The molecule has 0 radical (unpaired) electrons. The first-order chi connectivity index (χ1) is 13.0. The molecule has 1 atom stereocenters. The van der Waals surface area contributed by atoms with Crippen LogP contribution in [0.3, 0.4) is 0 Å². The van der Waals surface area contributed by atoms with E-state index in [4.69, 9.17) is 14.3 Å². The quantitative estimate of drug-likeness (QED) is 0.531. The molecule has 144 valence electrons. The van der Waals surface area contributed by atoms with Crippen molar-refractivity contribution < 1.29 is 19.1 Å². The highest BCUT2D eigenvalue weighted by Gasteiger charge is 2.14. The van der Waals surface area contributed by atoms with Gasteiger partial charge in [-0.2, -0.15) is 0 Å². The van der Waals surface area contributed by atoms with E-state index < -0.39 is 6.10 Å². The second kappa shape index (κ2) is 10.2. The molecule has 0 heterocycles. The largest absolute Gasteiger partial charge is 0.493 e. The molecule has 0 aliphatic rings. The number of hydrogen-bond acceptors (Lipinski definition) is 5. The molecular weight excluding hydrogens is 344 g/mol. The Morgan fingerprint density at radius 1 is 1.22 bits per heavy atom. The van der Waals surface area contributed by atoms with Crippen molar-refractivity contribution in [1.29, 1.82) is 0 Å². The number of methoxy groups -OCH3 is 1. The van der Waals surface area contributed by atoms with E-state index in [0.717, 1.165) is 23.2 Å². The van der Waals surface area contributed by atoms with Crippen LogP contribution in [0.25, 0.3) is 0 Å². The lowest BCUT2D eigenvalue weighted by molar-refractivity contribution is -0.126. The lowest BCUT2D eigenvalue weighted by Gasteiger charge is -2.11. The Kier molecular flexibility index (Phi) is 7.67. The molecule has 0 fully saturated rings. The molecule has 1 amide bonds. The number of aryl methyl sites for hydroxylation is 1. The van der Waals surface area contributed by atoms with Crippen molar-refractivity contribution in [2.24, 2.45) is 5.16 Å². The van der Waals surface area contributed by atoms with Crippen molar-refractivity contribution in [2.75, 3.05) is 19.0 Å². The monoisotopic (exact) mass is 370 g/mol. The van der Waals surface area contributed by atoms with Crippen molar-refractivity contribution in [3.63, 3.8) is 0 Å². The van der Waals surface area contributed by atoms with Crippen LogP contribution in [0.2, 0.25) is 0 Å². The maximum Gasteiger partial charge on any atom is 0.267 e. The molecule has 0 unspecified atom stereocenters. The Morgan fingerprint density at radius 2 is 2.04 bits per heavy atom. The highest BCUT2D eigenvalue weighted by Crippen LogP contribution is 2.27. The molecule has 2 aromatic carbocycles. The topological polar surface area (TPSA) is 69.2 Å². The van der Waals surface area contributed by atoms with Crippen molar-refractivity contribution in [3.8, 4) is 11.5 Å². The van der Waals surface area contributed by atoms with Gasteiger partial charge in [-0.05, 0) is 56.2 Å². The normalized spacial score (nSPS) is 11.9. The summed E-state index contributed by atoms with van der Waals surface area (Å²) < 4.78 is 11.0. The molecule has 0 bridgehead atoms. The molecule has 6 nitrogen and oxygen atoms in total. The third kappa shape index (κ3) is 6.33. The summed E-state index contributed by atoms with van der Waals surface area (Å²) in [5.41, 5.74) is 2.58. The van der Waals surface area contributed by atoms with Gasteiger partial charge in [-0.15, -0.1) is 0 Å². The van der Waals surface area contributed by atoms with Crippen LogP contribution in [0.5, 0.6) is 11.5 Å². The predicted octanol–water partition coefficient (Wildman–Crippen LogP) is 4.17. The van der Waals surface area contributed by atoms with E-state index in [0.29, 0.717) is 18.1 Å². The summed E-state index contributed by atoms with van der Waals surface area (Å²) in [7, 11) is 1.59. The van der Waals surface area contributed by atoms with Crippen LogP contribution < -0.4 is 14.8 Å². The number of nitrogens with zero attached hydrogens (tertiary/aromatic N) is 1. The van der Waals surface area contributed by atoms with E-state index >= 15 is 0 Å². The SMILES string of the molecule is CCCOc1ccc(/C=N\O[C@H](C)C(=O)Nc2cccc(C)c2)cc1OC. The fourth-order valence-corrected chi connectivity index (χ4v) is 2.29. The molecule has 0 aliphatic heterocycles. The fourth-order valence-electron chi connectivity index (χ4n) is 2.29. The van der Waals surface area contributed by atoms with Gasteiger partial charge in [-0.25, -0.2) is 0 Å². The van der Waals surface area contributed by atoms with Crippen molar-refractivity contribution in [3.05, 3.63) is 53.6 Å². The van der Waals surface area contributed by atoms with Gasteiger partial charge >= 0.3 is 0 Å². The van der Waals surface area contributed by atoms with Gasteiger partial charge in [-0.1, -0.05) is 24.2 Å². The minimum atomic E-state index is -0.726. The van der Waals surface area contributed by atoms with Gasteiger partial charge in [0.2, 0.25) is 6.10 Å². The summed E-state index contributed by atoms with van der Waals surface area (Å²) in [6.45, 7) is 6.28.